The molecule has 4 rings (SSSR count). The summed E-state index contributed by atoms with van der Waals surface area (Å²) in [7, 11) is 4.63. The summed E-state index contributed by atoms with van der Waals surface area (Å²) in [5.41, 5.74) is 0.726. The average molecular weight is 576 g/mol. The van der Waals surface area contributed by atoms with Crippen molar-refractivity contribution in [3.05, 3.63) is 77.6 Å². The smallest absolute Gasteiger partial charge is 0.313 e. The van der Waals surface area contributed by atoms with Crippen molar-refractivity contribution in [1.29, 1.82) is 0 Å². The molecule has 0 bridgehead atoms. The van der Waals surface area contributed by atoms with Crippen LogP contribution in [0, 0.1) is 5.92 Å². The molecule has 3 aromatic rings. The zero-order chi connectivity index (χ0) is 30.4. The highest BCUT2D eigenvalue weighted by Gasteiger charge is 2.52. The van der Waals surface area contributed by atoms with Crippen LogP contribution in [0.5, 0.6) is 23.0 Å². The van der Waals surface area contributed by atoms with Crippen LogP contribution in [0.4, 0.5) is 0 Å². The average Bonchev–Trinajstić information content (AvgIpc) is 3.78. The van der Waals surface area contributed by atoms with E-state index in [2.05, 4.69) is 15.6 Å². The Hall–Kier alpha value is -4.60. The lowest BCUT2D eigenvalue weighted by molar-refractivity contribution is -0.137. The largest absolute Gasteiger partial charge is 0.497 e. The third kappa shape index (κ3) is 6.64. The summed E-state index contributed by atoms with van der Waals surface area (Å²) in [6.07, 6.45) is 2.30. The molecule has 1 aliphatic rings. The predicted molar refractivity (Wildman–Crippen MR) is 156 cm³/mol. The number of rotatable bonds is 12. The van der Waals surface area contributed by atoms with Crippen LogP contribution in [0.1, 0.15) is 61.1 Å². The van der Waals surface area contributed by atoms with Crippen molar-refractivity contribution >= 4 is 17.8 Å². The van der Waals surface area contributed by atoms with E-state index in [-0.39, 0.29) is 35.1 Å². The molecule has 1 atom stereocenters. The highest BCUT2D eigenvalue weighted by atomic mass is 16.6. The maximum absolute atomic E-state index is 13.7. The van der Waals surface area contributed by atoms with Crippen molar-refractivity contribution in [2.24, 2.45) is 5.92 Å². The van der Waals surface area contributed by atoms with E-state index < -0.39 is 23.3 Å². The van der Waals surface area contributed by atoms with Gasteiger partial charge in [-0.2, -0.15) is 0 Å². The fourth-order valence-electron chi connectivity index (χ4n) is 4.70. The minimum Gasteiger partial charge on any atom is -0.497 e. The number of nitrogens with zero attached hydrogens (tertiary/aromatic N) is 1. The van der Waals surface area contributed by atoms with E-state index in [0.717, 1.165) is 22.6 Å². The SMILES string of the molecule is COc1ccc(C(c2ccc(OC)cc2)[C@H](C)NC(=O)C2(NC(=O)c3nccc(OC)c3OC(=O)C(C)C)CC2)cc1. The second kappa shape index (κ2) is 12.9. The Balaban J connectivity index is 1.55. The van der Waals surface area contributed by atoms with Gasteiger partial charge in [0.25, 0.3) is 5.91 Å². The van der Waals surface area contributed by atoms with Gasteiger partial charge in [0.1, 0.15) is 17.0 Å². The Bertz CT molecular complexity index is 1370. The highest BCUT2D eigenvalue weighted by Crippen LogP contribution is 2.38. The van der Waals surface area contributed by atoms with Crippen molar-refractivity contribution in [2.45, 2.75) is 51.1 Å². The second-order valence-electron chi connectivity index (χ2n) is 10.6. The molecule has 10 nitrogen and oxygen atoms in total. The quantitative estimate of drug-likeness (QED) is 0.307. The first kappa shape index (κ1) is 30.4. The van der Waals surface area contributed by atoms with E-state index in [1.165, 1.54) is 19.4 Å². The van der Waals surface area contributed by atoms with Gasteiger partial charge in [-0.15, -0.1) is 0 Å². The monoisotopic (exact) mass is 575 g/mol. The molecule has 1 fully saturated rings. The second-order valence-corrected chi connectivity index (χ2v) is 10.6. The molecule has 10 heteroatoms. The third-order valence-electron chi connectivity index (χ3n) is 7.32. The minimum atomic E-state index is -1.11. The number of pyridine rings is 1. The number of aromatic nitrogens is 1. The van der Waals surface area contributed by atoms with Crippen LogP contribution in [0.2, 0.25) is 0 Å². The molecule has 0 spiro atoms. The van der Waals surface area contributed by atoms with E-state index in [0.29, 0.717) is 12.8 Å². The zero-order valence-electron chi connectivity index (χ0n) is 24.7. The van der Waals surface area contributed by atoms with Gasteiger partial charge in [0, 0.05) is 24.2 Å². The molecule has 42 heavy (non-hydrogen) atoms. The summed E-state index contributed by atoms with van der Waals surface area (Å²) in [5.74, 6) is -0.542. The minimum absolute atomic E-state index is 0.0835. The van der Waals surface area contributed by atoms with Gasteiger partial charge in [0.15, 0.2) is 11.4 Å². The Labute approximate surface area is 245 Å². The number of nitrogens with one attached hydrogen (secondary N) is 2. The van der Waals surface area contributed by atoms with Crippen LogP contribution < -0.4 is 29.6 Å². The lowest BCUT2D eigenvalue weighted by atomic mass is 9.85. The summed E-state index contributed by atoms with van der Waals surface area (Å²) >= 11 is 0. The molecule has 1 saturated carbocycles. The molecular weight excluding hydrogens is 538 g/mol. The van der Waals surface area contributed by atoms with E-state index >= 15 is 0 Å². The Kier molecular flexibility index (Phi) is 9.35. The van der Waals surface area contributed by atoms with E-state index in [1.54, 1.807) is 28.1 Å². The number of carbonyl (C=O) groups is 3. The van der Waals surface area contributed by atoms with Crippen molar-refractivity contribution in [2.75, 3.05) is 21.3 Å². The number of methoxy groups -OCH3 is 3. The van der Waals surface area contributed by atoms with Crippen molar-refractivity contribution in [1.82, 2.24) is 15.6 Å². The molecule has 0 radical (unpaired) electrons. The number of benzene rings is 2. The Morgan fingerprint density at radius 3 is 1.81 bits per heavy atom. The third-order valence-corrected chi connectivity index (χ3v) is 7.32. The molecule has 0 unspecified atom stereocenters. The number of carbonyl (C=O) groups excluding carboxylic acids is 3. The number of ether oxygens (including phenoxy) is 4. The summed E-state index contributed by atoms with van der Waals surface area (Å²) in [5, 5.41) is 5.97. The normalized spacial score (nSPS) is 14.1. The standard InChI is InChI=1S/C32H37N3O7/c1-19(2)30(37)42-28-25(41-6)15-18-33-27(28)29(36)35-32(16-17-32)31(38)34-20(3)26(21-7-11-23(39-4)12-8-21)22-9-13-24(40-5)14-10-22/h7-15,18-20,26H,16-17H2,1-6H3,(H,34,38)(H,35,36)/t20-/m0/s1. The van der Waals surface area contributed by atoms with Gasteiger partial charge in [0.05, 0.1) is 27.2 Å². The van der Waals surface area contributed by atoms with Gasteiger partial charge >= 0.3 is 5.97 Å². The molecule has 2 amide bonds. The van der Waals surface area contributed by atoms with E-state index in [4.69, 9.17) is 18.9 Å². The lowest BCUT2D eigenvalue weighted by Crippen LogP contribution is -2.52. The summed E-state index contributed by atoms with van der Waals surface area (Å²) in [6.45, 7) is 5.30. The molecule has 1 heterocycles. The van der Waals surface area contributed by atoms with Crippen LogP contribution in [-0.2, 0) is 9.59 Å². The molecular formula is C32H37N3O7. The molecule has 2 N–H and O–H groups in total. The maximum atomic E-state index is 13.7. The van der Waals surface area contributed by atoms with Crippen LogP contribution in [0.25, 0.3) is 0 Å². The summed E-state index contributed by atoms with van der Waals surface area (Å²) < 4.78 is 21.4. The fourth-order valence-corrected chi connectivity index (χ4v) is 4.70. The first-order chi connectivity index (χ1) is 20.1. The molecule has 0 saturated heterocycles. The van der Waals surface area contributed by atoms with Crippen LogP contribution in [-0.4, -0.2) is 55.7 Å². The highest BCUT2D eigenvalue weighted by molar-refractivity contribution is 6.02. The first-order valence-electron chi connectivity index (χ1n) is 13.8. The van der Waals surface area contributed by atoms with Crippen LogP contribution in [0.3, 0.4) is 0 Å². The molecule has 222 valence electrons. The van der Waals surface area contributed by atoms with Gasteiger partial charge in [-0.25, -0.2) is 4.98 Å². The predicted octanol–water partition coefficient (Wildman–Crippen LogP) is 4.27. The zero-order valence-corrected chi connectivity index (χ0v) is 24.7. The number of amides is 2. The van der Waals surface area contributed by atoms with Gasteiger partial charge in [0.2, 0.25) is 11.7 Å². The van der Waals surface area contributed by atoms with Gasteiger partial charge in [-0.3, -0.25) is 14.4 Å². The number of esters is 1. The van der Waals surface area contributed by atoms with Crippen molar-refractivity contribution < 1.29 is 33.3 Å². The van der Waals surface area contributed by atoms with Crippen LogP contribution >= 0.6 is 0 Å². The van der Waals surface area contributed by atoms with Gasteiger partial charge in [-0.05, 0) is 55.2 Å². The van der Waals surface area contributed by atoms with Gasteiger partial charge in [-0.1, -0.05) is 38.1 Å². The van der Waals surface area contributed by atoms with Crippen molar-refractivity contribution in [3.63, 3.8) is 0 Å². The topological polar surface area (TPSA) is 125 Å². The van der Waals surface area contributed by atoms with Crippen molar-refractivity contribution in [3.8, 4) is 23.0 Å². The van der Waals surface area contributed by atoms with E-state index in [1.807, 2.05) is 55.5 Å². The molecule has 2 aromatic carbocycles. The van der Waals surface area contributed by atoms with Crippen LogP contribution in [0.15, 0.2) is 60.8 Å². The first-order valence-corrected chi connectivity index (χ1v) is 13.8. The van der Waals surface area contributed by atoms with E-state index in [9.17, 15) is 14.4 Å². The van der Waals surface area contributed by atoms with Gasteiger partial charge < -0.3 is 29.6 Å². The number of hydrogen-bond acceptors (Lipinski definition) is 8. The molecule has 1 aromatic heterocycles. The maximum Gasteiger partial charge on any atom is 0.313 e. The lowest BCUT2D eigenvalue weighted by Gasteiger charge is -2.28. The summed E-state index contributed by atoms with van der Waals surface area (Å²) in [4.78, 5) is 43.5. The Morgan fingerprint density at radius 1 is 0.810 bits per heavy atom. The number of hydrogen-bond donors (Lipinski definition) is 2. The molecule has 0 aliphatic heterocycles. The fraction of sp³-hybridized carbons (Fsp3) is 0.375. The summed E-state index contributed by atoms with van der Waals surface area (Å²) in [6, 6.07) is 16.6. The molecule has 1 aliphatic carbocycles. The Morgan fingerprint density at radius 2 is 1.36 bits per heavy atom.